The Morgan fingerprint density at radius 1 is 1.24 bits per heavy atom. The molecule has 0 spiro atoms. The normalized spacial score (nSPS) is 10.9. The fourth-order valence-electron chi connectivity index (χ4n) is 1.36. The molecular formula is C10H22N2O4P+. The number of imidazole rings is 1. The number of phosphoric acid groups is 1. The number of nitrogens with zero attached hydrogens (tertiary/aromatic N) is 2. The third kappa shape index (κ3) is 13.3. The van der Waals surface area contributed by atoms with Crippen LogP contribution in [0, 0.1) is 0 Å². The van der Waals surface area contributed by atoms with Crippen LogP contribution in [0.5, 0.6) is 0 Å². The molecule has 0 fully saturated rings. The number of unbranched alkanes of at least 4 members (excludes halogenated alkanes) is 3. The summed E-state index contributed by atoms with van der Waals surface area (Å²) >= 11 is 0. The van der Waals surface area contributed by atoms with Gasteiger partial charge < -0.3 is 14.7 Å². The molecule has 0 atom stereocenters. The first-order chi connectivity index (χ1) is 7.83. The number of aryl methyl sites for hydroxylation is 2. The lowest BCUT2D eigenvalue weighted by Crippen LogP contribution is -2.30. The van der Waals surface area contributed by atoms with E-state index in [9.17, 15) is 0 Å². The van der Waals surface area contributed by atoms with Gasteiger partial charge in [-0.2, -0.15) is 0 Å². The van der Waals surface area contributed by atoms with Crippen molar-refractivity contribution in [1.29, 1.82) is 0 Å². The Balaban J connectivity index is 0.000000437. The number of hydrogen-bond acceptors (Lipinski definition) is 1. The van der Waals surface area contributed by atoms with Crippen molar-refractivity contribution in [3.63, 3.8) is 0 Å². The molecule has 0 unspecified atom stereocenters. The third-order valence-electron chi connectivity index (χ3n) is 2.09. The SMILES string of the molecule is CCCCCC[n+]1ccn(C)c1.O=P(O)(O)O. The highest BCUT2D eigenvalue weighted by molar-refractivity contribution is 7.45. The molecule has 0 bridgehead atoms. The van der Waals surface area contributed by atoms with Crippen molar-refractivity contribution in [2.24, 2.45) is 7.05 Å². The Kier molecular flexibility index (Phi) is 8.08. The van der Waals surface area contributed by atoms with Gasteiger partial charge in [0.15, 0.2) is 0 Å². The second-order valence-electron chi connectivity index (χ2n) is 3.89. The zero-order chi connectivity index (χ0) is 13.3. The van der Waals surface area contributed by atoms with Gasteiger partial charge in [0.2, 0.25) is 6.33 Å². The van der Waals surface area contributed by atoms with Gasteiger partial charge in [-0.3, -0.25) is 0 Å². The predicted octanol–water partition coefficient (Wildman–Crippen LogP) is 0.964. The molecule has 0 saturated carbocycles. The summed E-state index contributed by atoms with van der Waals surface area (Å²) in [6, 6.07) is 0. The Bertz CT molecular complexity index is 340. The summed E-state index contributed by atoms with van der Waals surface area (Å²) in [7, 11) is -2.58. The molecule has 1 aromatic heterocycles. The van der Waals surface area contributed by atoms with Gasteiger partial charge in [-0.25, -0.2) is 13.7 Å². The van der Waals surface area contributed by atoms with Gasteiger partial charge in [0.05, 0.1) is 13.6 Å². The van der Waals surface area contributed by atoms with Crippen LogP contribution in [0.1, 0.15) is 32.6 Å². The van der Waals surface area contributed by atoms with Gasteiger partial charge in [-0.05, 0) is 12.8 Å². The molecule has 17 heavy (non-hydrogen) atoms. The molecule has 1 aromatic rings. The van der Waals surface area contributed by atoms with Crippen LogP contribution in [-0.2, 0) is 18.2 Å². The largest absolute Gasteiger partial charge is 0.466 e. The van der Waals surface area contributed by atoms with Crippen molar-refractivity contribution in [3.05, 3.63) is 18.7 Å². The average molecular weight is 265 g/mol. The maximum absolute atomic E-state index is 8.88. The molecule has 0 amide bonds. The molecule has 6 nitrogen and oxygen atoms in total. The van der Waals surface area contributed by atoms with E-state index in [2.05, 4.69) is 41.8 Å². The van der Waals surface area contributed by atoms with Gasteiger partial charge in [-0.1, -0.05) is 19.8 Å². The second kappa shape index (κ2) is 8.42. The number of hydrogen-bond donors (Lipinski definition) is 3. The summed E-state index contributed by atoms with van der Waals surface area (Å²) < 4.78 is 13.2. The van der Waals surface area contributed by atoms with Crippen LogP contribution in [-0.4, -0.2) is 19.2 Å². The second-order valence-corrected chi connectivity index (χ2v) is 4.92. The van der Waals surface area contributed by atoms with E-state index in [1.54, 1.807) is 0 Å². The van der Waals surface area contributed by atoms with Crippen molar-refractivity contribution >= 4 is 7.82 Å². The Morgan fingerprint density at radius 2 is 1.82 bits per heavy atom. The van der Waals surface area contributed by atoms with Crippen LogP contribution < -0.4 is 4.57 Å². The monoisotopic (exact) mass is 265 g/mol. The van der Waals surface area contributed by atoms with Crippen LogP contribution in [0.15, 0.2) is 18.7 Å². The van der Waals surface area contributed by atoms with Gasteiger partial charge in [0.1, 0.15) is 12.4 Å². The van der Waals surface area contributed by atoms with E-state index in [-0.39, 0.29) is 0 Å². The predicted molar refractivity (Wildman–Crippen MR) is 64.0 cm³/mol. The molecule has 0 aliphatic carbocycles. The summed E-state index contributed by atoms with van der Waals surface area (Å²) in [6.07, 6.45) is 11.7. The first kappa shape index (κ1) is 16.3. The number of rotatable bonds is 5. The lowest BCUT2D eigenvalue weighted by atomic mass is 10.2. The summed E-state index contributed by atoms with van der Waals surface area (Å²) in [5.74, 6) is 0. The minimum Gasteiger partial charge on any atom is -0.303 e. The average Bonchev–Trinajstić information content (AvgIpc) is 2.56. The molecule has 0 aromatic carbocycles. The van der Waals surface area contributed by atoms with Crippen LogP contribution in [0.25, 0.3) is 0 Å². The lowest BCUT2D eigenvalue weighted by molar-refractivity contribution is -0.696. The summed E-state index contributed by atoms with van der Waals surface area (Å²) in [6.45, 7) is 3.41. The smallest absolute Gasteiger partial charge is 0.303 e. The third-order valence-corrected chi connectivity index (χ3v) is 2.09. The van der Waals surface area contributed by atoms with E-state index >= 15 is 0 Å². The van der Waals surface area contributed by atoms with E-state index in [0.717, 1.165) is 0 Å². The van der Waals surface area contributed by atoms with E-state index in [4.69, 9.17) is 19.2 Å². The van der Waals surface area contributed by atoms with Crippen LogP contribution in [0.3, 0.4) is 0 Å². The highest BCUT2D eigenvalue weighted by atomic mass is 31.2. The summed E-state index contributed by atoms with van der Waals surface area (Å²) in [5, 5.41) is 0. The fourth-order valence-corrected chi connectivity index (χ4v) is 1.36. The standard InChI is InChI=1S/C10H19N2.H3O4P/c1-3-4-5-6-7-12-9-8-11(2)10-12;1-5(2,3)4/h8-10H,3-7H2,1-2H3;(H3,1,2,3,4)/q+1;. The van der Waals surface area contributed by atoms with E-state index in [0.29, 0.717) is 0 Å². The maximum Gasteiger partial charge on any atom is 0.466 e. The number of aromatic nitrogens is 2. The van der Waals surface area contributed by atoms with Crippen LogP contribution in [0.4, 0.5) is 0 Å². The summed E-state index contributed by atoms with van der Waals surface area (Å²) in [4.78, 5) is 21.6. The zero-order valence-electron chi connectivity index (χ0n) is 10.4. The molecule has 0 aliphatic rings. The molecule has 0 aliphatic heterocycles. The Labute approximate surface area is 102 Å². The zero-order valence-corrected chi connectivity index (χ0v) is 11.3. The molecule has 0 radical (unpaired) electrons. The van der Waals surface area contributed by atoms with Crippen molar-refractivity contribution in [2.75, 3.05) is 0 Å². The minimum atomic E-state index is -4.64. The van der Waals surface area contributed by atoms with Gasteiger partial charge in [0, 0.05) is 0 Å². The molecule has 7 heteroatoms. The van der Waals surface area contributed by atoms with Crippen LogP contribution >= 0.6 is 7.82 Å². The highest BCUT2D eigenvalue weighted by Gasteiger charge is 2.00. The minimum absolute atomic E-state index is 1.17. The van der Waals surface area contributed by atoms with E-state index < -0.39 is 7.82 Å². The molecule has 1 heterocycles. The van der Waals surface area contributed by atoms with E-state index in [1.807, 2.05) is 0 Å². The van der Waals surface area contributed by atoms with E-state index in [1.165, 1.54) is 32.2 Å². The maximum atomic E-state index is 8.88. The highest BCUT2D eigenvalue weighted by Crippen LogP contribution is 2.25. The van der Waals surface area contributed by atoms with Gasteiger partial charge >= 0.3 is 7.82 Å². The Morgan fingerprint density at radius 3 is 2.24 bits per heavy atom. The molecular weight excluding hydrogens is 243 g/mol. The van der Waals surface area contributed by atoms with Crippen LogP contribution in [0.2, 0.25) is 0 Å². The molecule has 0 saturated heterocycles. The first-order valence-electron chi connectivity index (χ1n) is 5.62. The first-order valence-corrected chi connectivity index (χ1v) is 7.18. The van der Waals surface area contributed by atoms with Crippen molar-refractivity contribution < 1.29 is 23.8 Å². The summed E-state index contributed by atoms with van der Waals surface area (Å²) in [5.41, 5.74) is 0. The molecule has 100 valence electrons. The molecule has 3 N–H and O–H groups in total. The topological polar surface area (TPSA) is 86.6 Å². The van der Waals surface area contributed by atoms with Crippen molar-refractivity contribution in [2.45, 2.75) is 39.2 Å². The lowest BCUT2D eigenvalue weighted by Gasteiger charge is -1.95. The van der Waals surface area contributed by atoms with Gasteiger partial charge in [0.25, 0.3) is 0 Å². The fraction of sp³-hybridized carbons (Fsp3) is 0.700. The van der Waals surface area contributed by atoms with Crippen molar-refractivity contribution in [1.82, 2.24) is 4.57 Å². The van der Waals surface area contributed by atoms with Crippen molar-refractivity contribution in [3.8, 4) is 0 Å². The Hall–Kier alpha value is -0.680. The quantitative estimate of drug-likeness (QED) is 0.420. The van der Waals surface area contributed by atoms with Gasteiger partial charge in [-0.15, -0.1) is 0 Å². The molecule has 1 rings (SSSR count).